The van der Waals surface area contributed by atoms with E-state index in [-0.39, 0.29) is 23.0 Å². The fraction of sp³-hybridized carbons (Fsp3) is 0.433. The molecule has 5 saturated carbocycles. The molecular formula is C30H26Cl2N2O5S. The van der Waals surface area contributed by atoms with Crippen LogP contribution in [-0.4, -0.2) is 31.9 Å². The fourth-order valence-electron chi connectivity index (χ4n) is 7.75. The molecule has 0 saturated heterocycles. The zero-order valence-electron chi connectivity index (χ0n) is 21.4. The molecule has 2 heterocycles. The lowest BCUT2D eigenvalue weighted by Gasteiger charge is -2.45. The summed E-state index contributed by atoms with van der Waals surface area (Å²) in [4.78, 5) is 16.3. The van der Waals surface area contributed by atoms with Crippen LogP contribution in [0, 0.1) is 17.8 Å². The lowest BCUT2D eigenvalue weighted by molar-refractivity contribution is -0.148. The lowest BCUT2D eigenvalue weighted by Crippen LogP contribution is -2.48. The predicted octanol–water partition coefficient (Wildman–Crippen LogP) is 7.43. The zero-order chi connectivity index (χ0) is 27.4. The third-order valence-corrected chi connectivity index (χ3v) is 11.4. The minimum Gasteiger partial charge on any atom is -0.478 e. The number of carbonyl (C=O) groups is 1. The second-order valence-electron chi connectivity index (χ2n) is 12.0. The maximum absolute atomic E-state index is 12.2. The first-order valence-corrected chi connectivity index (χ1v) is 15.3. The summed E-state index contributed by atoms with van der Waals surface area (Å²) in [5.41, 5.74) is 1.86. The van der Waals surface area contributed by atoms with Crippen molar-refractivity contribution < 1.29 is 24.3 Å². The molecule has 206 valence electrons. The van der Waals surface area contributed by atoms with Gasteiger partial charge in [-0.05, 0) is 80.7 Å². The van der Waals surface area contributed by atoms with E-state index in [2.05, 4.69) is 5.16 Å². The Bertz CT molecular complexity index is 1670. The summed E-state index contributed by atoms with van der Waals surface area (Å²) in [5.74, 6) is 0.685. The van der Waals surface area contributed by atoms with E-state index in [0.29, 0.717) is 44.8 Å². The minimum atomic E-state index is -1.02. The number of nitrogens with zero attached hydrogens (tertiary/aromatic N) is 2. The number of carboxylic acids is 1. The van der Waals surface area contributed by atoms with E-state index in [4.69, 9.17) is 37.4 Å². The number of hydrogen-bond acceptors (Lipinski definition) is 7. The molecule has 4 bridgehead atoms. The van der Waals surface area contributed by atoms with Gasteiger partial charge >= 0.3 is 5.97 Å². The van der Waals surface area contributed by atoms with Crippen LogP contribution in [0.1, 0.15) is 71.1 Å². The van der Waals surface area contributed by atoms with E-state index in [1.54, 1.807) is 30.3 Å². The quantitative estimate of drug-likeness (QED) is 0.228. The molecule has 0 aliphatic heterocycles. The number of carboxylic acid groups (broad SMARTS) is 1. The molecule has 10 heteroatoms. The summed E-state index contributed by atoms with van der Waals surface area (Å²) >= 11 is 14.5. The molecule has 5 atom stereocenters. The number of ether oxygens (including phenoxy) is 1. The molecule has 0 spiro atoms. The van der Waals surface area contributed by atoms with E-state index in [0.717, 1.165) is 60.1 Å². The monoisotopic (exact) mass is 596 g/mol. The minimum absolute atomic E-state index is 0.0346. The summed E-state index contributed by atoms with van der Waals surface area (Å²) in [6.45, 7) is 0.357. The van der Waals surface area contributed by atoms with Crippen LogP contribution in [0.2, 0.25) is 10.0 Å². The van der Waals surface area contributed by atoms with Gasteiger partial charge in [0.2, 0.25) is 0 Å². The molecule has 5 fully saturated rings. The smallest absolute Gasteiger partial charge is 0.335 e. The van der Waals surface area contributed by atoms with Gasteiger partial charge < -0.3 is 19.5 Å². The van der Waals surface area contributed by atoms with E-state index in [9.17, 15) is 15.0 Å². The van der Waals surface area contributed by atoms with E-state index >= 15 is 0 Å². The standard InChI is InChI=1S/C30H26Cl2N2O5S/c31-20-2-1-3-21(32)24(20)25-18(26(39-34-25)14-4-5-14)13-38-29-10-16-8-17(11-29)30(37,19(16)12-29)28-33-22-7-6-15(27(35)36)9-23(22)40-28/h1-3,6-7,9,14,16-17,19,37H,4-5,8,10-13H2,(H,35,36)/t16?,17?,19-,29+,30-/m1/s1. The Kier molecular flexibility index (Phi) is 5.52. The molecule has 0 radical (unpaired) electrons. The number of halogens is 2. The Morgan fingerprint density at radius 3 is 2.67 bits per heavy atom. The average Bonchev–Trinajstić information content (AvgIpc) is 3.37. The summed E-state index contributed by atoms with van der Waals surface area (Å²) < 4.78 is 13.4. The van der Waals surface area contributed by atoms with Crippen LogP contribution >= 0.6 is 34.5 Å². The molecule has 5 aliphatic rings. The van der Waals surface area contributed by atoms with Crippen molar-refractivity contribution >= 4 is 50.7 Å². The van der Waals surface area contributed by atoms with Gasteiger partial charge in [0.1, 0.15) is 22.1 Å². The number of fused-ring (bicyclic) bond motifs is 1. The van der Waals surface area contributed by atoms with Crippen LogP contribution in [0.15, 0.2) is 40.9 Å². The molecule has 4 aromatic rings. The van der Waals surface area contributed by atoms with E-state index in [1.807, 2.05) is 6.07 Å². The number of benzene rings is 2. The van der Waals surface area contributed by atoms with Crippen molar-refractivity contribution in [2.45, 2.75) is 62.3 Å². The lowest BCUT2D eigenvalue weighted by atomic mass is 9.70. The Morgan fingerprint density at radius 1 is 1.15 bits per heavy atom. The van der Waals surface area contributed by atoms with Gasteiger partial charge in [0, 0.05) is 23.0 Å². The van der Waals surface area contributed by atoms with Crippen molar-refractivity contribution in [2.24, 2.45) is 17.8 Å². The van der Waals surface area contributed by atoms with Gasteiger partial charge in [-0.3, -0.25) is 0 Å². The first-order valence-electron chi connectivity index (χ1n) is 13.7. The number of aliphatic hydroxyl groups is 1. The van der Waals surface area contributed by atoms with Crippen LogP contribution < -0.4 is 0 Å². The molecule has 2 aromatic heterocycles. The first-order chi connectivity index (χ1) is 19.3. The van der Waals surface area contributed by atoms with Gasteiger partial charge in [0.05, 0.1) is 38.0 Å². The highest BCUT2D eigenvalue weighted by Crippen LogP contribution is 2.69. The van der Waals surface area contributed by atoms with Crippen LogP contribution in [-0.2, 0) is 16.9 Å². The molecule has 9 rings (SSSR count). The van der Waals surface area contributed by atoms with Gasteiger partial charge in [0.25, 0.3) is 0 Å². The Morgan fingerprint density at radius 2 is 1.95 bits per heavy atom. The van der Waals surface area contributed by atoms with Crippen molar-refractivity contribution in [1.29, 1.82) is 0 Å². The molecule has 5 aliphatic carbocycles. The Balaban J connectivity index is 1.08. The fourth-order valence-corrected chi connectivity index (χ4v) is 9.56. The summed E-state index contributed by atoms with van der Waals surface area (Å²) in [7, 11) is 0. The topological polar surface area (TPSA) is 106 Å². The largest absolute Gasteiger partial charge is 0.478 e. The number of rotatable bonds is 7. The van der Waals surface area contributed by atoms with Gasteiger partial charge in [-0.1, -0.05) is 34.4 Å². The molecule has 2 unspecified atom stereocenters. The molecule has 40 heavy (non-hydrogen) atoms. The molecule has 7 nitrogen and oxygen atoms in total. The highest BCUT2D eigenvalue weighted by molar-refractivity contribution is 7.18. The molecule has 2 N–H and O–H groups in total. The van der Waals surface area contributed by atoms with Gasteiger partial charge in [-0.2, -0.15) is 0 Å². The van der Waals surface area contributed by atoms with Crippen LogP contribution in [0.5, 0.6) is 0 Å². The van der Waals surface area contributed by atoms with E-state index in [1.165, 1.54) is 11.3 Å². The normalized spacial score (nSPS) is 30.5. The maximum Gasteiger partial charge on any atom is 0.335 e. The first kappa shape index (κ1) is 25.2. The van der Waals surface area contributed by atoms with E-state index < -0.39 is 11.6 Å². The van der Waals surface area contributed by atoms with Crippen molar-refractivity contribution in [1.82, 2.24) is 10.1 Å². The van der Waals surface area contributed by atoms with Crippen LogP contribution in [0.4, 0.5) is 0 Å². The van der Waals surface area contributed by atoms with Gasteiger partial charge in [-0.15, -0.1) is 11.3 Å². The van der Waals surface area contributed by atoms with Crippen molar-refractivity contribution in [3.63, 3.8) is 0 Å². The predicted molar refractivity (Wildman–Crippen MR) is 151 cm³/mol. The van der Waals surface area contributed by atoms with Gasteiger partial charge in [-0.25, -0.2) is 9.78 Å². The second-order valence-corrected chi connectivity index (χ2v) is 13.8. The highest BCUT2D eigenvalue weighted by atomic mass is 35.5. The SMILES string of the molecule is O=C(O)c1ccc2nc([C@@]3(O)C4CC5C[C@](OCc6c(-c7c(Cl)cccc7Cl)noc6C6CC6)(C4)C[C@H]53)sc2c1. The molecular weight excluding hydrogens is 571 g/mol. The summed E-state index contributed by atoms with van der Waals surface area (Å²) in [5, 5.41) is 27.7. The number of thiazole rings is 1. The number of aromatic nitrogens is 2. The van der Waals surface area contributed by atoms with Crippen molar-refractivity contribution in [3.8, 4) is 11.3 Å². The summed E-state index contributed by atoms with van der Waals surface area (Å²) in [6.07, 6.45) is 5.49. The van der Waals surface area contributed by atoms with Gasteiger partial charge in [0.15, 0.2) is 0 Å². The maximum atomic E-state index is 12.2. The Hall–Kier alpha value is -2.49. The third-order valence-electron chi connectivity index (χ3n) is 9.66. The number of aromatic carboxylic acids is 1. The molecule has 0 amide bonds. The second kappa shape index (κ2) is 8.76. The zero-order valence-corrected chi connectivity index (χ0v) is 23.7. The van der Waals surface area contributed by atoms with Crippen molar-refractivity contribution in [3.05, 3.63) is 68.3 Å². The third kappa shape index (κ3) is 3.66. The summed E-state index contributed by atoms with van der Waals surface area (Å²) in [6, 6.07) is 10.4. The Labute approximate surface area is 244 Å². The van der Waals surface area contributed by atoms with Crippen LogP contribution in [0.3, 0.4) is 0 Å². The molecule has 2 aromatic carbocycles. The highest BCUT2D eigenvalue weighted by Gasteiger charge is 2.69. The van der Waals surface area contributed by atoms with Crippen molar-refractivity contribution in [2.75, 3.05) is 0 Å². The van der Waals surface area contributed by atoms with Crippen LogP contribution in [0.25, 0.3) is 21.5 Å². The number of hydrogen-bond donors (Lipinski definition) is 2. The average molecular weight is 598 g/mol.